The predicted molar refractivity (Wildman–Crippen MR) is 383 cm³/mol. The van der Waals surface area contributed by atoms with Gasteiger partial charge >= 0.3 is 12.2 Å². The lowest BCUT2D eigenvalue weighted by Crippen LogP contribution is -2.22. The molecule has 0 spiro atoms. The van der Waals surface area contributed by atoms with Gasteiger partial charge in [0.05, 0.1) is 43.7 Å². The van der Waals surface area contributed by atoms with E-state index in [0.29, 0.717) is 5.92 Å². The third-order valence-corrected chi connectivity index (χ3v) is 12.5. The number of thiocarbonyl (C=S) groups is 1. The van der Waals surface area contributed by atoms with Crippen molar-refractivity contribution in [1.29, 1.82) is 5.26 Å². The molecule has 0 heterocycles. The van der Waals surface area contributed by atoms with Gasteiger partial charge in [-0.2, -0.15) is 17.0 Å². The van der Waals surface area contributed by atoms with Crippen LogP contribution in [0.15, 0.2) is 11.6 Å². The van der Waals surface area contributed by atoms with Crippen LogP contribution in [0.1, 0.15) is 145 Å². The fraction of sp³-hybridized carbons (Fsp3) is 0.852. The number of Topliss-reactive ketones (excluding diaryl/α,β-unsaturated/α-hetero) is 1. The van der Waals surface area contributed by atoms with Crippen LogP contribution in [-0.2, 0) is 49.4 Å². The highest BCUT2D eigenvalue weighted by atomic mass is 32.2. The van der Waals surface area contributed by atoms with E-state index in [0.717, 1.165) is 40.4 Å². The van der Waals surface area contributed by atoms with Crippen molar-refractivity contribution in [3.8, 4) is 6.07 Å². The first-order valence-corrected chi connectivity index (χ1v) is 33.7. The Morgan fingerprint density at radius 1 is 0.651 bits per heavy atom. The van der Waals surface area contributed by atoms with Gasteiger partial charge in [-0.25, -0.2) is 22.3 Å². The first kappa shape index (κ1) is 120. The van der Waals surface area contributed by atoms with E-state index in [-0.39, 0.29) is 47.8 Å². The number of rotatable bonds is 9. The van der Waals surface area contributed by atoms with Gasteiger partial charge in [-0.15, -0.1) is 0 Å². The molecule has 528 valence electrons. The zero-order valence-corrected chi connectivity index (χ0v) is 66.9. The fourth-order valence-corrected chi connectivity index (χ4v) is 0.481. The molecule has 3 atom stereocenters. The van der Waals surface area contributed by atoms with Crippen LogP contribution in [0.4, 0.5) is 9.59 Å². The molecule has 0 aromatic carbocycles. The number of methoxy groups -OCH3 is 3. The SMILES string of the molecule is CC(=O)C(C)C.CC(=O)N(C)C.CC(=O)N(C)C.CC(=S)N(C)C.CC(C#N)N(C)C.CC(C)C(C)O.CC=C(C)C.CCC(C)C.CCN(C)C.CCOC.CCS(C)=O.CCSC.CN(C)S(C)(=O)=O.COC(=O)N(C)C.COC(=O)N(C)C. The number of hydrogen-bond acceptors (Lipinski definition) is 17. The molecule has 0 aromatic rings. The standard InChI is InChI=1S/C5H10N2.C5H12O.C5H10O.C5H12.C5H10.2C4H9NO2.2C4H9NO.C4H9NS.C4H11N.C3H9NO2S.C3H8OS.C3H8O.C3H8S/c1-5(4-6)7(2)3;2*1-4(2)5(3)6;2*1-4-5(2)3;2*1-5(2)4(6)7-3;3*1-4(6)5(2)3;1-4-5(2)3;1-4(2)7(3,5)6;1-3-5(2)4;2*1-3-4-2/h5H,1-3H3;4-6H,1-3H3;4H,1-3H3;5H,4H2,1-3H3;4H,1-3H3;2*1-3H3;3*1-3H3;4H2,1-3H3;1-3H3;3H2,1-2H3;2*3H2,1-2H3. The van der Waals surface area contributed by atoms with Crippen LogP contribution in [0.25, 0.3) is 0 Å². The first-order chi connectivity index (χ1) is 38.6. The van der Waals surface area contributed by atoms with Gasteiger partial charge in [0.1, 0.15) is 5.78 Å². The van der Waals surface area contributed by atoms with Gasteiger partial charge in [-0.05, 0) is 114 Å². The van der Waals surface area contributed by atoms with Gasteiger partial charge in [-0.3, -0.25) is 23.5 Å². The Bertz CT molecular complexity index is 1540. The van der Waals surface area contributed by atoms with Crippen molar-refractivity contribution in [3.05, 3.63) is 11.6 Å². The largest absolute Gasteiger partial charge is 0.453 e. The number of hydrogen-bond donors (Lipinski definition) is 1. The number of amides is 4. The molecule has 86 heavy (non-hydrogen) atoms. The number of ether oxygens (including phenoxy) is 3. The Labute approximate surface area is 546 Å². The maximum absolute atomic E-state index is 10.3. The number of nitrogens with zero attached hydrogens (tertiary/aromatic N) is 9. The van der Waals surface area contributed by atoms with Gasteiger partial charge in [0.25, 0.3) is 0 Å². The van der Waals surface area contributed by atoms with Crippen LogP contribution < -0.4 is 0 Å². The maximum Gasteiger partial charge on any atom is 0.408 e. The quantitative estimate of drug-likeness (QED) is 0.167. The zero-order valence-electron chi connectivity index (χ0n) is 63.6. The third-order valence-electron chi connectivity index (χ3n) is 9.38. The van der Waals surface area contributed by atoms with Gasteiger partial charge in [-0.1, -0.05) is 99.5 Å². The van der Waals surface area contributed by atoms with Crippen LogP contribution in [0.3, 0.4) is 0 Å². The van der Waals surface area contributed by atoms with Crippen LogP contribution in [-0.4, -0.2) is 281 Å². The summed E-state index contributed by atoms with van der Waals surface area (Å²) in [4.78, 5) is 63.3. The number of allylic oxidation sites excluding steroid dienone is 2. The monoisotopic (exact) mass is 1320 g/mol. The minimum atomic E-state index is -2.91. The molecule has 0 aliphatic carbocycles. The Kier molecular flexibility index (Phi) is 126. The summed E-state index contributed by atoms with van der Waals surface area (Å²) in [6.07, 6.45) is 7.55. The molecule has 0 aromatic heterocycles. The molecule has 0 radical (unpaired) electrons. The Hall–Kier alpha value is -3.48. The van der Waals surface area contributed by atoms with Crippen LogP contribution in [0.5, 0.6) is 0 Å². The highest BCUT2D eigenvalue weighted by Gasteiger charge is 2.02. The number of ketones is 1. The summed E-state index contributed by atoms with van der Waals surface area (Å²) in [5.41, 5.74) is 1.38. The lowest BCUT2D eigenvalue weighted by molar-refractivity contribution is -0.127. The van der Waals surface area contributed by atoms with Crippen LogP contribution in [0.2, 0.25) is 0 Å². The molecule has 0 bridgehead atoms. The van der Waals surface area contributed by atoms with E-state index in [1.807, 2.05) is 112 Å². The van der Waals surface area contributed by atoms with Crippen molar-refractivity contribution in [2.75, 3.05) is 178 Å². The molecular weight excluding hydrogens is 1180 g/mol. The average molecular weight is 1320 g/mol. The lowest BCUT2D eigenvalue weighted by atomic mass is 10.1. The molecule has 4 amide bonds. The smallest absolute Gasteiger partial charge is 0.408 e. The van der Waals surface area contributed by atoms with Crippen molar-refractivity contribution < 1.29 is 55.9 Å². The van der Waals surface area contributed by atoms with Crippen molar-refractivity contribution in [2.45, 2.75) is 157 Å². The maximum atomic E-state index is 10.3. The van der Waals surface area contributed by atoms with E-state index in [9.17, 15) is 36.6 Å². The molecule has 0 fully saturated rings. The van der Waals surface area contributed by atoms with E-state index < -0.39 is 20.8 Å². The first-order valence-electron chi connectivity index (χ1n) is 28.3. The second kappa shape index (κ2) is 90.3. The molecule has 0 aliphatic rings. The highest BCUT2D eigenvalue weighted by molar-refractivity contribution is 7.98. The summed E-state index contributed by atoms with van der Waals surface area (Å²) >= 11 is 6.60. The molecule has 25 heteroatoms. The van der Waals surface area contributed by atoms with E-state index in [1.54, 1.807) is 83.6 Å². The Morgan fingerprint density at radius 3 is 0.849 bits per heavy atom. The molecule has 0 saturated heterocycles. The zero-order chi connectivity index (χ0) is 73.4. The second-order valence-corrected chi connectivity index (χ2v) is 26.3. The van der Waals surface area contributed by atoms with E-state index >= 15 is 0 Å². The van der Waals surface area contributed by atoms with E-state index in [2.05, 4.69) is 100 Å². The summed E-state index contributed by atoms with van der Waals surface area (Å²) in [6.45, 7) is 40.9. The molecular formula is C61H143N9O12S4. The summed E-state index contributed by atoms with van der Waals surface area (Å²) in [7, 11) is 29.1. The molecule has 0 saturated carbocycles. The van der Waals surface area contributed by atoms with Crippen molar-refractivity contribution in [2.24, 2.45) is 17.8 Å². The Morgan fingerprint density at radius 2 is 0.849 bits per heavy atom. The Balaban J connectivity index is -0.0000000484. The van der Waals surface area contributed by atoms with Gasteiger partial charge in [0, 0.05) is 141 Å². The minimum absolute atomic E-state index is 0.0417. The van der Waals surface area contributed by atoms with Crippen molar-refractivity contribution >= 4 is 79.6 Å². The third kappa shape index (κ3) is 199. The normalized spacial score (nSPS) is 9.86. The number of aliphatic hydroxyl groups excluding tert-OH is 1. The fourth-order valence-electron chi connectivity index (χ4n) is 0.481. The van der Waals surface area contributed by atoms with E-state index in [1.165, 1.54) is 79.5 Å². The number of thioether (sulfide) groups is 1. The minimum Gasteiger partial charge on any atom is -0.453 e. The predicted octanol–water partition coefficient (Wildman–Crippen LogP) is 10.9. The van der Waals surface area contributed by atoms with Crippen LogP contribution in [0, 0.1) is 29.1 Å². The number of aliphatic hydroxyl groups is 1. The lowest BCUT2D eigenvalue weighted by Gasteiger charge is -2.09. The number of carbonyl (C=O) groups excluding carboxylic acids is 5. The summed E-state index contributed by atoms with van der Waals surface area (Å²) in [6, 6.07) is 2.13. The van der Waals surface area contributed by atoms with E-state index in [4.69, 9.17) is 22.6 Å². The van der Waals surface area contributed by atoms with Crippen LogP contribution >= 0.6 is 24.0 Å². The second-order valence-electron chi connectivity index (χ2n) is 20.6. The summed E-state index contributed by atoms with van der Waals surface area (Å²) < 4.78 is 44.7. The van der Waals surface area contributed by atoms with Gasteiger partial charge in [0.2, 0.25) is 21.8 Å². The number of sulfonamides is 1. The van der Waals surface area contributed by atoms with Gasteiger partial charge in [0.15, 0.2) is 0 Å². The average Bonchev–Trinajstić information content (AvgIpc) is 3.41. The van der Waals surface area contributed by atoms with Crippen molar-refractivity contribution in [1.82, 2.24) is 38.6 Å². The highest BCUT2D eigenvalue weighted by Crippen LogP contribution is 1.97. The van der Waals surface area contributed by atoms with Crippen molar-refractivity contribution in [3.63, 3.8) is 0 Å². The topological polar surface area (TPSA) is 234 Å². The summed E-state index contributed by atoms with van der Waals surface area (Å²) in [5, 5.41) is 16.8. The summed E-state index contributed by atoms with van der Waals surface area (Å²) in [5.74, 6) is 3.96. The molecule has 0 rings (SSSR count). The molecule has 3 unspecified atom stereocenters. The van der Waals surface area contributed by atoms with Gasteiger partial charge < -0.3 is 48.7 Å². The number of carbonyl (C=O) groups is 5. The molecule has 1 N–H and O–H groups in total. The number of nitriles is 1. The molecule has 0 aliphatic heterocycles. The molecule has 21 nitrogen and oxygen atoms in total.